The minimum absolute atomic E-state index is 0.628. The number of aryl methyl sites for hydroxylation is 1. The summed E-state index contributed by atoms with van der Waals surface area (Å²) in [6.07, 6.45) is 5.93. The van der Waals surface area contributed by atoms with Crippen LogP contribution in [-0.2, 0) is 24.2 Å². The van der Waals surface area contributed by atoms with Gasteiger partial charge in [-0.05, 0) is 48.7 Å². The van der Waals surface area contributed by atoms with Crippen LogP contribution in [0.5, 0.6) is 5.75 Å². The van der Waals surface area contributed by atoms with Crippen LogP contribution in [0, 0.1) is 0 Å². The SMILES string of the molecule is CCCCc1ncc(Cc2ccc(NC(C)C(=O)O)cc2)n1Cc1cccc(OC)c1. The number of rotatable bonds is 11. The van der Waals surface area contributed by atoms with E-state index in [1.54, 1.807) is 14.0 Å². The summed E-state index contributed by atoms with van der Waals surface area (Å²) in [6.45, 7) is 4.57. The summed E-state index contributed by atoms with van der Waals surface area (Å²) in [5.41, 5.74) is 4.29. The molecule has 3 aromatic rings. The summed E-state index contributed by atoms with van der Waals surface area (Å²) in [6, 6.07) is 15.4. The summed E-state index contributed by atoms with van der Waals surface area (Å²) < 4.78 is 7.69. The van der Waals surface area contributed by atoms with E-state index in [4.69, 9.17) is 14.8 Å². The minimum Gasteiger partial charge on any atom is -0.497 e. The Morgan fingerprint density at radius 3 is 2.65 bits per heavy atom. The van der Waals surface area contributed by atoms with Crippen molar-refractivity contribution in [2.75, 3.05) is 12.4 Å². The van der Waals surface area contributed by atoms with Crippen molar-refractivity contribution in [1.82, 2.24) is 9.55 Å². The predicted molar refractivity (Wildman–Crippen MR) is 123 cm³/mol. The summed E-state index contributed by atoms with van der Waals surface area (Å²) in [4.78, 5) is 15.8. The number of nitrogens with zero attached hydrogens (tertiary/aromatic N) is 2. The number of methoxy groups -OCH3 is 1. The van der Waals surface area contributed by atoms with E-state index in [-0.39, 0.29) is 0 Å². The fourth-order valence-corrected chi connectivity index (χ4v) is 3.52. The van der Waals surface area contributed by atoms with E-state index in [1.165, 1.54) is 5.56 Å². The average molecular weight is 422 g/mol. The molecule has 0 amide bonds. The number of ether oxygens (including phenoxy) is 1. The zero-order valence-electron chi connectivity index (χ0n) is 18.5. The molecule has 0 radical (unpaired) electrons. The normalized spacial score (nSPS) is 11.8. The molecule has 164 valence electrons. The lowest BCUT2D eigenvalue weighted by molar-refractivity contribution is -0.137. The van der Waals surface area contributed by atoms with E-state index in [9.17, 15) is 4.79 Å². The molecule has 6 heteroatoms. The molecule has 0 bridgehead atoms. The second-order valence-corrected chi connectivity index (χ2v) is 7.78. The Morgan fingerprint density at radius 2 is 1.97 bits per heavy atom. The third-order valence-corrected chi connectivity index (χ3v) is 5.34. The monoisotopic (exact) mass is 421 g/mol. The fourth-order valence-electron chi connectivity index (χ4n) is 3.52. The van der Waals surface area contributed by atoms with Crippen LogP contribution in [0.3, 0.4) is 0 Å². The number of carbonyl (C=O) groups is 1. The number of hydrogen-bond acceptors (Lipinski definition) is 4. The molecular formula is C25H31N3O3. The van der Waals surface area contributed by atoms with E-state index in [1.807, 2.05) is 42.6 Å². The van der Waals surface area contributed by atoms with Crippen LogP contribution < -0.4 is 10.1 Å². The van der Waals surface area contributed by atoms with Crippen molar-refractivity contribution in [3.63, 3.8) is 0 Å². The first-order valence-corrected chi connectivity index (χ1v) is 10.7. The number of carboxylic acids is 1. The molecule has 6 nitrogen and oxygen atoms in total. The van der Waals surface area contributed by atoms with Crippen LogP contribution in [0.25, 0.3) is 0 Å². The van der Waals surface area contributed by atoms with Gasteiger partial charge in [-0.1, -0.05) is 37.6 Å². The number of anilines is 1. The van der Waals surface area contributed by atoms with Crippen LogP contribution in [0.1, 0.15) is 49.3 Å². The third kappa shape index (κ3) is 6.10. The third-order valence-electron chi connectivity index (χ3n) is 5.34. The summed E-state index contributed by atoms with van der Waals surface area (Å²) >= 11 is 0. The van der Waals surface area contributed by atoms with Gasteiger partial charge in [-0.2, -0.15) is 0 Å². The molecule has 1 heterocycles. The van der Waals surface area contributed by atoms with Gasteiger partial charge in [-0.3, -0.25) is 4.79 Å². The molecule has 3 rings (SSSR count). The first kappa shape index (κ1) is 22.4. The standard InChI is InChI=1S/C25H31N3O3/c1-4-5-9-24-26-16-22(28(24)17-20-7-6-8-23(15-20)31-3)14-19-10-12-21(13-11-19)27-18(2)25(29)30/h6-8,10-13,15-16,18,27H,4-5,9,14,17H2,1-3H3,(H,29,30). The van der Waals surface area contributed by atoms with Crippen molar-refractivity contribution in [2.45, 2.75) is 52.1 Å². The number of benzene rings is 2. The molecule has 0 spiro atoms. The van der Waals surface area contributed by atoms with Crippen LogP contribution >= 0.6 is 0 Å². The van der Waals surface area contributed by atoms with Gasteiger partial charge in [0.05, 0.1) is 7.11 Å². The first-order valence-electron chi connectivity index (χ1n) is 10.7. The average Bonchev–Trinajstić information content (AvgIpc) is 3.14. The molecule has 0 aliphatic heterocycles. The zero-order chi connectivity index (χ0) is 22.2. The number of hydrogen-bond donors (Lipinski definition) is 2. The van der Waals surface area contributed by atoms with E-state index >= 15 is 0 Å². The second kappa shape index (κ2) is 10.7. The van der Waals surface area contributed by atoms with Crippen LogP contribution in [0.4, 0.5) is 5.69 Å². The Morgan fingerprint density at radius 1 is 1.19 bits per heavy atom. The Bertz CT molecular complexity index is 996. The number of imidazole rings is 1. The number of aliphatic carboxylic acids is 1. The van der Waals surface area contributed by atoms with E-state index in [0.29, 0.717) is 0 Å². The lowest BCUT2D eigenvalue weighted by Crippen LogP contribution is -2.25. The highest BCUT2D eigenvalue weighted by Gasteiger charge is 2.13. The van der Waals surface area contributed by atoms with Gasteiger partial charge in [-0.15, -0.1) is 0 Å². The molecule has 0 aliphatic rings. The van der Waals surface area contributed by atoms with Crippen LogP contribution in [0.15, 0.2) is 54.7 Å². The maximum atomic E-state index is 11.0. The van der Waals surface area contributed by atoms with Gasteiger partial charge in [0, 0.05) is 37.0 Å². The fraction of sp³-hybridized carbons (Fsp3) is 0.360. The van der Waals surface area contributed by atoms with Gasteiger partial charge in [0.25, 0.3) is 0 Å². The molecule has 0 fully saturated rings. The Labute approximate surface area is 183 Å². The number of unbranched alkanes of at least 4 members (excludes halogenated alkanes) is 1. The Balaban J connectivity index is 1.80. The molecular weight excluding hydrogens is 390 g/mol. The van der Waals surface area contributed by atoms with Crippen molar-refractivity contribution in [2.24, 2.45) is 0 Å². The van der Waals surface area contributed by atoms with Gasteiger partial charge >= 0.3 is 5.97 Å². The van der Waals surface area contributed by atoms with Gasteiger partial charge in [0.15, 0.2) is 0 Å². The maximum Gasteiger partial charge on any atom is 0.325 e. The van der Waals surface area contributed by atoms with Crippen molar-refractivity contribution in [3.05, 3.63) is 77.4 Å². The minimum atomic E-state index is -0.870. The highest BCUT2D eigenvalue weighted by atomic mass is 16.5. The van der Waals surface area contributed by atoms with Gasteiger partial charge in [-0.25, -0.2) is 4.98 Å². The van der Waals surface area contributed by atoms with Gasteiger partial charge < -0.3 is 19.7 Å². The van der Waals surface area contributed by atoms with Gasteiger partial charge in [0.1, 0.15) is 17.6 Å². The maximum absolute atomic E-state index is 11.0. The molecule has 0 aliphatic carbocycles. The molecule has 2 aromatic carbocycles. The topological polar surface area (TPSA) is 76.4 Å². The summed E-state index contributed by atoms with van der Waals surface area (Å²) in [5.74, 6) is 1.09. The molecule has 2 N–H and O–H groups in total. The quantitative estimate of drug-likeness (QED) is 0.467. The van der Waals surface area contributed by atoms with Crippen molar-refractivity contribution < 1.29 is 14.6 Å². The number of carboxylic acid groups (broad SMARTS) is 1. The molecule has 1 unspecified atom stereocenters. The van der Waals surface area contributed by atoms with Crippen molar-refractivity contribution in [1.29, 1.82) is 0 Å². The highest BCUT2D eigenvalue weighted by molar-refractivity contribution is 5.76. The van der Waals surface area contributed by atoms with Crippen LogP contribution in [-0.4, -0.2) is 33.8 Å². The Kier molecular flexibility index (Phi) is 7.70. The van der Waals surface area contributed by atoms with E-state index < -0.39 is 12.0 Å². The van der Waals surface area contributed by atoms with Gasteiger partial charge in [0.2, 0.25) is 0 Å². The molecule has 1 aromatic heterocycles. The zero-order valence-corrected chi connectivity index (χ0v) is 18.5. The van der Waals surface area contributed by atoms with Crippen molar-refractivity contribution in [3.8, 4) is 5.75 Å². The molecule has 31 heavy (non-hydrogen) atoms. The predicted octanol–water partition coefficient (Wildman–Crippen LogP) is 4.76. The summed E-state index contributed by atoms with van der Waals surface area (Å²) in [7, 11) is 1.68. The van der Waals surface area contributed by atoms with E-state index in [0.717, 1.165) is 60.7 Å². The largest absolute Gasteiger partial charge is 0.497 e. The van der Waals surface area contributed by atoms with Crippen LogP contribution in [0.2, 0.25) is 0 Å². The lowest BCUT2D eigenvalue weighted by atomic mass is 10.1. The number of aromatic nitrogens is 2. The molecule has 0 saturated heterocycles. The molecule has 1 atom stereocenters. The number of nitrogens with one attached hydrogen (secondary N) is 1. The van der Waals surface area contributed by atoms with Crippen molar-refractivity contribution >= 4 is 11.7 Å². The smallest absolute Gasteiger partial charge is 0.325 e. The second-order valence-electron chi connectivity index (χ2n) is 7.78. The summed E-state index contributed by atoms with van der Waals surface area (Å²) in [5, 5.41) is 12.0. The molecule has 0 saturated carbocycles. The lowest BCUT2D eigenvalue weighted by Gasteiger charge is -2.14. The first-order chi connectivity index (χ1) is 15.0. The highest BCUT2D eigenvalue weighted by Crippen LogP contribution is 2.20. The Hall–Kier alpha value is -3.28. The van der Waals surface area contributed by atoms with E-state index in [2.05, 4.69) is 28.9 Å².